The predicted molar refractivity (Wildman–Crippen MR) is 145 cm³/mol. The molecule has 1 saturated heterocycles. The summed E-state index contributed by atoms with van der Waals surface area (Å²) in [5, 5.41) is 4.30. The second kappa shape index (κ2) is 13.6. The number of carbonyl (C=O) groups is 1. The monoisotopic (exact) mass is 506 g/mol. The highest BCUT2D eigenvalue weighted by molar-refractivity contribution is 6.30. The van der Waals surface area contributed by atoms with E-state index in [0.29, 0.717) is 12.6 Å². The molecule has 1 unspecified atom stereocenters. The van der Waals surface area contributed by atoms with Crippen molar-refractivity contribution in [3.63, 3.8) is 0 Å². The highest BCUT2D eigenvalue weighted by Gasteiger charge is 2.24. The van der Waals surface area contributed by atoms with E-state index in [1.807, 2.05) is 42.5 Å². The molecule has 0 bridgehead atoms. The van der Waals surface area contributed by atoms with E-state index in [4.69, 9.17) is 21.1 Å². The first-order chi connectivity index (χ1) is 17.6. The minimum atomic E-state index is -0.675. The lowest BCUT2D eigenvalue weighted by atomic mass is 9.99. The summed E-state index contributed by atoms with van der Waals surface area (Å²) in [5.74, 6) is -0.358. The lowest BCUT2D eigenvalue weighted by molar-refractivity contribution is -0.154. The van der Waals surface area contributed by atoms with Crippen LogP contribution in [0.25, 0.3) is 11.1 Å². The van der Waals surface area contributed by atoms with Crippen molar-refractivity contribution in [1.29, 1.82) is 0 Å². The van der Waals surface area contributed by atoms with Gasteiger partial charge in [-0.25, -0.2) is 4.79 Å². The topological polar surface area (TPSA) is 50.8 Å². The van der Waals surface area contributed by atoms with Crippen molar-refractivity contribution in [3.8, 4) is 11.1 Å². The maximum absolute atomic E-state index is 12.2. The summed E-state index contributed by atoms with van der Waals surface area (Å²) in [5.41, 5.74) is 4.56. The van der Waals surface area contributed by atoms with E-state index in [9.17, 15) is 4.79 Å². The molecule has 6 heteroatoms. The molecule has 1 heterocycles. The number of hydrogen-bond acceptors (Lipinski definition) is 5. The molecule has 36 heavy (non-hydrogen) atoms. The summed E-state index contributed by atoms with van der Waals surface area (Å²) in [6.07, 6.45) is 2.33. The number of methoxy groups -OCH3 is 1. The summed E-state index contributed by atoms with van der Waals surface area (Å²) in [6, 6.07) is 26.8. The SMILES string of the molecule is COC(=O)[C@H](OCCCN1CCNCC1CCc1ccc(-c2ccc(Cl)cc2)cc1)c1ccccc1. The van der Waals surface area contributed by atoms with Gasteiger partial charge in [-0.15, -0.1) is 0 Å². The van der Waals surface area contributed by atoms with E-state index in [1.165, 1.54) is 23.8 Å². The van der Waals surface area contributed by atoms with E-state index in [0.717, 1.165) is 56.0 Å². The van der Waals surface area contributed by atoms with Gasteiger partial charge in [0.2, 0.25) is 0 Å². The zero-order valence-electron chi connectivity index (χ0n) is 20.9. The number of benzene rings is 3. The van der Waals surface area contributed by atoms with Gasteiger partial charge in [0, 0.05) is 43.9 Å². The number of aryl methyl sites for hydroxylation is 1. The fourth-order valence-corrected chi connectivity index (χ4v) is 4.85. The molecule has 0 aromatic heterocycles. The van der Waals surface area contributed by atoms with Crippen LogP contribution in [0.1, 0.15) is 30.1 Å². The van der Waals surface area contributed by atoms with Crippen LogP contribution in [0.3, 0.4) is 0 Å². The molecule has 0 saturated carbocycles. The van der Waals surface area contributed by atoms with Crippen LogP contribution in [0.15, 0.2) is 78.9 Å². The largest absolute Gasteiger partial charge is 0.467 e. The van der Waals surface area contributed by atoms with Gasteiger partial charge in [-0.2, -0.15) is 0 Å². The maximum Gasteiger partial charge on any atom is 0.339 e. The van der Waals surface area contributed by atoms with Crippen molar-refractivity contribution in [2.24, 2.45) is 0 Å². The van der Waals surface area contributed by atoms with Crippen LogP contribution in [0, 0.1) is 0 Å². The van der Waals surface area contributed by atoms with Crippen molar-refractivity contribution < 1.29 is 14.3 Å². The summed E-state index contributed by atoms with van der Waals surface area (Å²) >= 11 is 6.01. The molecule has 1 aliphatic heterocycles. The van der Waals surface area contributed by atoms with E-state index in [1.54, 1.807) is 0 Å². The number of ether oxygens (including phenoxy) is 2. The van der Waals surface area contributed by atoms with Crippen molar-refractivity contribution in [3.05, 3.63) is 95.0 Å². The number of nitrogens with zero attached hydrogens (tertiary/aromatic N) is 1. The first kappa shape index (κ1) is 26.4. The molecule has 4 rings (SSSR count). The van der Waals surface area contributed by atoms with Gasteiger partial charge in [-0.3, -0.25) is 4.90 Å². The van der Waals surface area contributed by atoms with Gasteiger partial charge in [0.1, 0.15) is 0 Å². The Bertz CT molecular complexity index is 1070. The lowest BCUT2D eigenvalue weighted by Crippen LogP contribution is -2.51. The fraction of sp³-hybridized carbons (Fsp3) is 0.367. The number of carbonyl (C=O) groups excluding carboxylic acids is 1. The molecule has 1 aliphatic rings. The molecular weight excluding hydrogens is 472 g/mol. The standard InChI is InChI=1S/C30H35ClN2O3/c1-35-30(34)29(26-6-3-2-4-7-26)36-21-5-19-33-20-18-32-22-28(33)17-10-23-8-11-24(12-9-23)25-13-15-27(31)16-14-25/h2-4,6-9,11-16,28-29,32H,5,10,17-22H2,1H3/t28?,29-/m1/s1. The third-order valence-electron chi connectivity index (χ3n) is 6.76. The first-order valence-electron chi connectivity index (χ1n) is 12.7. The zero-order chi connectivity index (χ0) is 25.2. The Kier molecular flexibility index (Phi) is 9.93. The van der Waals surface area contributed by atoms with Crippen LogP contribution < -0.4 is 5.32 Å². The average molecular weight is 507 g/mol. The maximum atomic E-state index is 12.2. The van der Waals surface area contributed by atoms with Gasteiger partial charge < -0.3 is 14.8 Å². The Hall–Kier alpha value is -2.70. The molecular formula is C30H35ClN2O3. The van der Waals surface area contributed by atoms with E-state index in [-0.39, 0.29) is 5.97 Å². The third kappa shape index (κ3) is 7.40. The Morgan fingerprint density at radius 2 is 1.72 bits per heavy atom. The van der Waals surface area contributed by atoms with Crippen molar-refractivity contribution in [1.82, 2.24) is 10.2 Å². The Labute approximate surface area is 219 Å². The molecule has 1 fully saturated rings. The first-order valence-corrected chi connectivity index (χ1v) is 13.1. The van der Waals surface area contributed by atoms with Crippen LogP contribution in [0.5, 0.6) is 0 Å². The molecule has 0 spiro atoms. The summed E-state index contributed by atoms with van der Waals surface area (Å²) in [7, 11) is 1.40. The minimum Gasteiger partial charge on any atom is -0.467 e. The minimum absolute atomic E-state index is 0.358. The number of nitrogens with one attached hydrogen (secondary N) is 1. The Balaban J connectivity index is 1.25. The third-order valence-corrected chi connectivity index (χ3v) is 7.01. The second-order valence-electron chi connectivity index (χ2n) is 9.17. The molecule has 0 aliphatic carbocycles. The number of piperazine rings is 1. The molecule has 1 N–H and O–H groups in total. The van der Waals surface area contributed by atoms with E-state index in [2.05, 4.69) is 46.6 Å². The highest BCUT2D eigenvalue weighted by atomic mass is 35.5. The summed E-state index contributed by atoms with van der Waals surface area (Å²) < 4.78 is 10.9. The lowest BCUT2D eigenvalue weighted by Gasteiger charge is -2.36. The second-order valence-corrected chi connectivity index (χ2v) is 9.61. The van der Waals surface area contributed by atoms with Gasteiger partial charge in [0.15, 0.2) is 6.10 Å². The number of rotatable bonds is 11. The Morgan fingerprint density at radius 1 is 1.03 bits per heavy atom. The van der Waals surface area contributed by atoms with E-state index < -0.39 is 6.10 Å². The quantitative estimate of drug-likeness (QED) is 0.273. The molecule has 0 radical (unpaired) electrons. The van der Waals surface area contributed by atoms with E-state index >= 15 is 0 Å². The van der Waals surface area contributed by atoms with Crippen LogP contribution in [0.2, 0.25) is 5.02 Å². The smallest absolute Gasteiger partial charge is 0.339 e. The molecule has 2 atom stereocenters. The van der Waals surface area contributed by atoms with Crippen molar-refractivity contribution in [2.45, 2.75) is 31.4 Å². The number of halogens is 1. The zero-order valence-corrected chi connectivity index (χ0v) is 21.6. The fourth-order valence-electron chi connectivity index (χ4n) is 4.73. The van der Waals surface area contributed by atoms with Crippen LogP contribution in [-0.4, -0.2) is 56.8 Å². The average Bonchev–Trinajstić information content (AvgIpc) is 2.93. The van der Waals surface area contributed by atoms with Gasteiger partial charge in [0.05, 0.1) is 7.11 Å². The van der Waals surface area contributed by atoms with Crippen LogP contribution >= 0.6 is 11.6 Å². The Morgan fingerprint density at radius 3 is 2.42 bits per heavy atom. The van der Waals surface area contributed by atoms with Crippen LogP contribution in [-0.2, 0) is 20.7 Å². The molecule has 0 amide bonds. The van der Waals surface area contributed by atoms with Crippen LogP contribution in [0.4, 0.5) is 0 Å². The van der Waals surface area contributed by atoms with Gasteiger partial charge >= 0.3 is 5.97 Å². The van der Waals surface area contributed by atoms with Gasteiger partial charge in [-0.05, 0) is 53.6 Å². The number of esters is 1. The molecule has 3 aromatic carbocycles. The summed E-state index contributed by atoms with van der Waals surface area (Å²) in [6.45, 7) is 4.49. The normalized spacial score (nSPS) is 17.0. The predicted octanol–water partition coefficient (Wildman–Crippen LogP) is 5.53. The van der Waals surface area contributed by atoms with Gasteiger partial charge in [0.25, 0.3) is 0 Å². The number of hydrogen-bond donors (Lipinski definition) is 1. The van der Waals surface area contributed by atoms with Crippen molar-refractivity contribution >= 4 is 17.6 Å². The van der Waals surface area contributed by atoms with Crippen molar-refractivity contribution in [2.75, 3.05) is 39.9 Å². The molecule has 190 valence electrons. The summed E-state index contributed by atoms with van der Waals surface area (Å²) in [4.78, 5) is 14.8. The van der Waals surface area contributed by atoms with Gasteiger partial charge in [-0.1, -0.05) is 78.3 Å². The molecule has 3 aromatic rings. The molecule has 5 nitrogen and oxygen atoms in total. The highest BCUT2D eigenvalue weighted by Crippen LogP contribution is 2.23.